The number of hydrogen-bond donors (Lipinski definition) is 1. The summed E-state index contributed by atoms with van der Waals surface area (Å²) in [6, 6.07) is 7.25. The summed E-state index contributed by atoms with van der Waals surface area (Å²) in [5.74, 6) is 0.628. The summed E-state index contributed by atoms with van der Waals surface area (Å²) >= 11 is 6.45. The Balaban J connectivity index is 1.41. The molecule has 0 spiro atoms. The summed E-state index contributed by atoms with van der Waals surface area (Å²) in [6.07, 6.45) is 4.65. The first kappa shape index (κ1) is 20.1. The lowest BCUT2D eigenvalue weighted by atomic mass is 9.83. The number of rotatable bonds is 2. The molecule has 0 unspecified atom stereocenters. The summed E-state index contributed by atoms with van der Waals surface area (Å²) in [5.41, 5.74) is 3.68. The number of benzene rings is 1. The summed E-state index contributed by atoms with van der Waals surface area (Å²) in [6.45, 7) is 2.77. The van der Waals surface area contributed by atoms with Gasteiger partial charge in [0.2, 0.25) is 0 Å². The Morgan fingerprint density at radius 3 is 2.75 bits per heavy atom. The molecule has 3 aromatic rings. The van der Waals surface area contributed by atoms with Crippen molar-refractivity contribution in [3.63, 3.8) is 0 Å². The maximum atomic E-state index is 12.7. The van der Waals surface area contributed by atoms with Gasteiger partial charge in [0.05, 0.1) is 10.6 Å². The van der Waals surface area contributed by atoms with Gasteiger partial charge in [-0.25, -0.2) is 4.79 Å². The SMILES string of the molecule is O=c1oc2c(CN3C[C@H]4C[C@@H](C3)c3cccc(=O)n3C4)c(O)c(Cl)cc2c2c1CCCC2. The van der Waals surface area contributed by atoms with E-state index in [9.17, 15) is 14.7 Å². The van der Waals surface area contributed by atoms with Crippen LogP contribution in [0.15, 0.2) is 38.3 Å². The van der Waals surface area contributed by atoms with Crippen LogP contribution in [0.4, 0.5) is 0 Å². The van der Waals surface area contributed by atoms with Crippen molar-refractivity contribution in [2.75, 3.05) is 13.1 Å². The molecule has 6 rings (SSSR count). The molecule has 166 valence electrons. The lowest BCUT2D eigenvalue weighted by molar-refractivity contribution is 0.113. The van der Waals surface area contributed by atoms with Crippen molar-refractivity contribution in [1.82, 2.24) is 9.47 Å². The van der Waals surface area contributed by atoms with E-state index in [1.54, 1.807) is 12.1 Å². The van der Waals surface area contributed by atoms with Gasteiger partial charge in [0, 0.05) is 54.8 Å². The van der Waals surface area contributed by atoms with Crippen molar-refractivity contribution in [1.29, 1.82) is 0 Å². The molecule has 4 heterocycles. The molecular weight excluding hydrogens is 428 g/mol. The molecule has 32 heavy (non-hydrogen) atoms. The van der Waals surface area contributed by atoms with Crippen molar-refractivity contribution < 1.29 is 9.52 Å². The normalized spacial score (nSPS) is 22.5. The van der Waals surface area contributed by atoms with E-state index in [2.05, 4.69) is 4.90 Å². The summed E-state index contributed by atoms with van der Waals surface area (Å²) in [4.78, 5) is 27.3. The second-order valence-electron chi connectivity index (χ2n) is 9.51. The molecule has 2 atom stereocenters. The summed E-state index contributed by atoms with van der Waals surface area (Å²) < 4.78 is 7.70. The first-order valence-electron chi connectivity index (χ1n) is 11.4. The van der Waals surface area contributed by atoms with Crippen molar-refractivity contribution in [3.8, 4) is 5.75 Å². The lowest BCUT2D eigenvalue weighted by Crippen LogP contribution is -2.46. The quantitative estimate of drug-likeness (QED) is 0.598. The molecule has 0 saturated carbocycles. The lowest BCUT2D eigenvalue weighted by Gasteiger charge is -2.42. The summed E-state index contributed by atoms with van der Waals surface area (Å²) in [5, 5.41) is 12.0. The number of aryl methyl sites for hydroxylation is 1. The topological polar surface area (TPSA) is 75.7 Å². The fraction of sp³-hybridized carbons (Fsp3) is 0.440. The minimum absolute atomic E-state index is 0.00886. The van der Waals surface area contributed by atoms with Crippen LogP contribution in [0.3, 0.4) is 0 Å². The number of likely N-dealkylation sites (tertiary alicyclic amines) is 1. The standard InChI is InChI=1S/C25H25ClN2O4/c26-20-9-18-16-4-1-2-5-17(16)25(31)32-24(18)19(23(20)30)13-27-10-14-8-15(12-27)21-6-3-7-22(29)28(21)11-14/h3,6-7,9,14-15,30H,1-2,4-5,8,10-13H2/t14-,15+/m1/s1. The monoisotopic (exact) mass is 452 g/mol. The van der Waals surface area contributed by atoms with Crippen molar-refractivity contribution in [2.45, 2.75) is 51.1 Å². The Morgan fingerprint density at radius 1 is 1.09 bits per heavy atom. The molecule has 2 aromatic heterocycles. The molecule has 3 aliphatic rings. The Bertz CT molecular complexity index is 1360. The third kappa shape index (κ3) is 3.11. The molecule has 0 radical (unpaired) electrons. The molecule has 1 saturated heterocycles. The highest BCUT2D eigenvalue weighted by Crippen LogP contribution is 2.40. The largest absolute Gasteiger partial charge is 0.506 e. The fourth-order valence-corrected chi connectivity index (χ4v) is 6.32. The number of aromatic hydroxyl groups is 1. The number of halogens is 1. The van der Waals surface area contributed by atoms with Gasteiger partial charge < -0.3 is 14.1 Å². The number of fused-ring (bicyclic) bond motifs is 7. The van der Waals surface area contributed by atoms with Crippen LogP contribution in [0.1, 0.15) is 47.6 Å². The van der Waals surface area contributed by atoms with Crippen LogP contribution in [0, 0.1) is 5.92 Å². The van der Waals surface area contributed by atoms with E-state index in [4.69, 9.17) is 16.0 Å². The minimum atomic E-state index is -0.293. The van der Waals surface area contributed by atoms with Crippen LogP contribution in [-0.2, 0) is 25.9 Å². The number of phenols is 1. The molecule has 6 nitrogen and oxygen atoms in total. The van der Waals surface area contributed by atoms with E-state index in [1.165, 1.54) is 0 Å². The van der Waals surface area contributed by atoms with Crippen LogP contribution in [0.2, 0.25) is 5.02 Å². The maximum absolute atomic E-state index is 12.7. The van der Waals surface area contributed by atoms with E-state index in [0.717, 1.165) is 67.4 Å². The van der Waals surface area contributed by atoms with Gasteiger partial charge in [0.15, 0.2) is 0 Å². The smallest absolute Gasteiger partial charge is 0.339 e. The molecule has 1 N–H and O–H groups in total. The van der Waals surface area contributed by atoms with Crippen molar-refractivity contribution in [2.24, 2.45) is 5.92 Å². The Morgan fingerprint density at radius 2 is 1.91 bits per heavy atom. The number of phenolic OH excluding ortho intramolecular Hbond substituents is 1. The van der Waals surface area contributed by atoms with Gasteiger partial charge in [0.1, 0.15) is 11.3 Å². The van der Waals surface area contributed by atoms with E-state index in [1.807, 2.05) is 16.7 Å². The number of aromatic nitrogens is 1. The van der Waals surface area contributed by atoms with Crippen LogP contribution in [-0.4, -0.2) is 27.7 Å². The van der Waals surface area contributed by atoms with Crippen molar-refractivity contribution >= 4 is 22.6 Å². The van der Waals surface area contributed by atoms with Gasteiger partial charge >= 0.3 is 5.63 Å². The average Bonchev–Trinajstić information content (AvgIpc) is 2.79. The zero-order chi connectivity index (χ0) is 22.0. The Labute approximate surface area is 190 Å². The number of pyridine rings is 1. The van der Waals surface area contributed by atoms with Crippen LogP contribution >= 0.6 is 11.6 Å². The minimum Gasteiger partial charge on any atom is -0.506 e. The predicted molar refractivity (Wildman–Crippen MR) is 123 cm³/mol. The average molecular weight is 453 g/mol. The van der Waals surface area contributed by atoms with Gasteiger partial charge in [-0.05, 0) is 55.7 Å². The molecule has 1 aliphatic carbocycles. The van der Waals surface area contributed by atoms with Crippen molar-refractivity contribution in [3.05, 3.63) is 72.4 Å². The highest BCUT2D eigenvalue weighted by atomic mass is 35.5. The van der Waals surface area contributed by atoms with Gasteiger partial charge in [0.25, 0.3) is 5.56 Å². The summed E-state index contributed by atoms with van der Waals surface area (Å²) in [7, 11) is 0. The maximum Gasteiger partial charge on any atom is 0.339 e. The van der Waals surface area contributed by atoms with E-state index in [0.29, 0.717) is 35.2 Å². The fourth-order valence-electron chi connectivity index (χ4n) is 6.09. The predicted octanol–water partition coefficient (Wildman–Crippen LogP) is 3.81. The van der Waals surface area contributed by atoms with Gasteiger partial charge in [-0.3, -0.25) is 9.69 Å². The zero-order valence-corrected chi connectivity index (χ0v) is 18.5. The number of piperidine rings is 1. The van der Waals surface area contributed by atoms with Crippen LogP contribution in [0.5, 0.6) is 5.75 Å². The Hall–Kier alpha value is -2.57. The third-order valence-corrected chi connectivity index (χ3v) is 7.76. The van der Waals surface area contributed by atoms with Gasteiger partial charge in [-0.15, -0.1) is 0 Å². The second-order valence-corrected chi connectivity index (χ2v) is 9.92. The highest BCUT2D eigenvalue weighted by molar-refractivity contribution is 6.33. The number of hydrogen-bond acceptors (Lipinski definition) is 5. The first-order valence-corrected chi connectivity index (χ1v) is 11.8. The molecule has 7 heteroatoms. The molecule has 2 aliphatic heterocycles. The number of nitrogens with zero attached hydrogens (tertiary/aromatic N) is 2. The molecule has 2 bridgehead atoms. The Kier molecular flexibility index (Phi) is 4.70. The molecular formula is C25H25ClN2O4. The van der Waals surface area contributed by atoms with Crippen LogP contribution < -0.4 is 11.2 Å². The molecule has 1 fully saturated rings. The van der Waals surface area contributed by atoms with E-state index in [-0.39, 0.29) is 22.9 Å². The molecule has 1 aromatic carbocycles. The van der Waals surface area contributed by atoms with E-state index < -0.39 is 0 Å². The molecule has 0 amide bonds. The first-order chi connectivity index (χ1) is 15.5. The second kappa shape index (κ2) is 7.49. The third-order valence-electron chi connectivity index (χ3n) is 7.47. The van der Waals surface area contributed by atoms with Gasteiger partial charge in [-0.2, -0.15) is 0 Å². The zero-order valence-electron chi connectivity index (χ0n) is 17.8. The van der Waals surface area contributed by atoms with E-state index >= 15 is 0 Å². The highest BCUT2D eigenvalue weighted by Gasteiger charge is 2.35. The van der Waals surface area contributed by atoms with Gasteiger partial charge in [-0.1, -0.05) is 17.7 Å². The van der Waals surface area contributed by atoms with Crippen LogP contribution in [0.25, 0.3) is 11.0 Å².